The van der Waals surface area contributed by atoms with Gasteiger partial charge in [0, 0.05) is 17.2 Å². The number of carbonyl (C=O) groups is 1. The summed E-state index contributed by atoms with van der Waals surface area (Å²) < 4.78 is 0.794. The van der Waals surface area contributed by atoms with Crippen LogP contribution in [0, 0.1) is 5.92 Å². The number of anilines is 1. The SMILES string of the molecule is O=C(O)N(CC1CC1)c1cncc(Br)c1. The minimum atomic E-state index is -0.915. The second kappa shape index (κ2) is 4.18. The summed E-state index contributed by atoms with van der Waals surface area (Å²) in [7, 11) is 0. The lowest BCUT2D eigenvalue weighted by molar-refractivity contribution is 0.201. The maximum atomic E-state index is 11.1. The predicted octanol–water partition coefficient (Wildman–Crippen LogP) is 2.74. The molecule has 1 aromatic heterocycles. The molecule has 0 aliphatic heterocycles. The quantitative estimate of drug-likeness (QED) is 0.919. The summed E-state index contributed by atoms with van der Waals surface area (Å²) in [5, 5.41) is 9.08. The van der Waals surface area contributed by atoms with Crippen LogP contribution in [0.4, 0.5) is 10.5 Å². The van der Waals surface area contributed by atoms with Gasteiger partial charge in [0.05, 0.1) is 11.9 Å². The third-order valence-electron chi connectivity index (χ3n) is 2.37. The van der Waals surface area contributed by atoms with Crippen LogP contribution in [-0.4, -0.2) is 22.7 Å². The van der Waals surface area contributed by atoms with Crippen LogP contribution in [-0.2, 0) is 0 Å². The van der Waals surface area contributed by atoms with E-state index >= 15 is 0 Å². The Hall–Kier alpha value is -1.10. The molecule has 0 spiro atoms. The second-order valence-electron chi connectivity index (χ2n) is 3.70. The van der Waals surface area contributed by atoms with E-state index in [0.717, 1.165) is 17.3 Å². The molecule has 0 aromatic carbocycles. The molecule has 80 valence electrons. The normalized spacial score (nSPS) is 15.0. The predicted molar refractivity (Wildman–Crippen MR) is 60.0 cm³/mol. The van der Waals surface area contributed by atoms with Gasteiger partial charge in [0.1, 0.15) is 0 Å². The summed E-state index contributed by atoms with van der Waals surface area (Å²) in [5.41, 5.74) is 0.628. The Labute approximate surface area is 96.1 Å². The number of carboxylic acid groups (broad SMARTS) is 1. The Kier molecular flexibility index (Phi) is 2.90. The van der Waals surface area contributed by atoms with Crippen LogP contribution in [0.3, 0.4) is 0 Å². The molecule has 15 heavy (non-hydrogen) atoms. The van der Waals surface area contributed by atoms with Crippen molar-refractivity contribution in [3.63, 3.8) is 0 Å². The van der Waals surface area contributed by atoms with Crippen LogP contribution >= 0.6 is 15.9 Å². The average molecular weight is 271 g/mol. The second-order valence-corrected chi connectivity index (χ2v) is 4.61. The van der Waals surface area contributed by atoms with E-state index in [4.69, 9.17) is 5.11 Å². The summed E-state index contributed by atoms with van der Waals surface area (Å²) >= 11 is 3.28. The molecule has 0 unspecified atom stereocenters. The van der Waals surface area contributed by atoms with Crippen LogP contribution in [0.2, 0.25) is 0 Å². The molecule has 1 aliphatic carbocycles. The van der Waals surface area contributed by atoms with Crippen molar-refractivity contribution in [3.8, 4) is 0 Å². The first-order chi connectivity index (χ1) is 7.16. The summed E-state index contributed by atoms with van der Waals surface area (Å²) in [5.74, 6) is 0.528. The fourth-order valence-corrected chi connectivity index (χ4v) is 1.75. The lowest BCUT2D eigenvalue weighted by atomic mass is 10.3. The number of pyridine rings is 1. The van der Waals surface area contributed by atoms with Gasteiger partial charge in [0.25, 0.3) is 0 Å². The molecule has 0 atom stereocenters. The number of hydrogen-bond acceptors (Lipinski definition) is 2. The molecule has 2 rings (SSSR count). The number of aromatic nitrogens is 1. The van der Waals surface area contributed by atoms with Gasteiger partial charge < -0.3 is 5.11 Å². The topological polar surface area (TPSA) is 53.4 Å². The van der Waals surface area contributed by atoms with Crippen molar-refractivity contribution in [1.29, 1.82) is 0 Å². The number of hydrogen-bond donors (Lipinski definition) is 1. The molecule has 0 radical (unpaired) electrons. The van der Waals surface area contributed by atoms with Crippen molar-refractivity contribution in [3.05, 3.63) is 22.9 Å². The Balaban J connectivity index is 2.18. The largest absolute Gasteiger partial charge is 0.465 e. The molecule has 1 fully saturated rings. The van der Waals surface area contributed by atoms with Crippen LogP contribution in [0.1, 0.15) is 12.8 Å². The van der Waals surface area contributed by atoms with E-state index in [9.17, 15) is 4.79 Å². The van der Waals surface area contributed by atoms with Crippen LogP contribution in [0.15, 0.2) is 22.9 Å². The van der Waals surface area contributed by atoms with Crippen molar-refractivity contribution < 1.29 is 9.90 Å². The Morgan fingerprint density at radius 1 is 1.60 bits per heavy atom. The first-order valence-corrected chi connectivity index (χ1v) is 5.57. The van der Waals surface area contributed by atoms with Gasteiger partial charge in [-0.15, -0.1) is 0 Å². The van der Waals surface area contributed by atoms with Gasteiger partial charge in [-0.05, 0) is 40.8 Å². The van der Waals surface area contributed by atoms with Gasteiger partial charge in [-0.2, -0.15) is 0 Å². The monoisotopic (exact) mass is 270 g/mol. The molecular weight excluding hydrogens is 260 g/mol. The molecule has 1 aromatic rings. The Morgan fingerprint density at radius 2 is 2.33 bits per heavy atom. The lowest BCUT2D eigenvalue weighted by Crippen LogP contribution is -2.31. The molecular formula is C10H11BrN2O2. The standard InChI is InChI=1S/C10H11BrN2O2/c11-8-3-9(5-12-4-8)13(10(14)15)6-7-1-2-7/h3-5,7H,1-2,6H2,(H,14,15). The minimum absolute atomic E-state index is 0.528. The molecule has 4 nitrogen and oxygen atoms in total. The zero-order valence-electron chi connectivity index (χ0n) is 8.06. The zero-order chi connectivity index (χ0) is 10.8. The number of amides is 1. The van der Waals surface area contributed by atoms with E-state index in [2.05, 4.69) is 20.9 Å². The highest BCUT2D eigenvalue weighted by Gasteiger charge is 2.27. The van der Waals surface area contributed by atoms with Crippen LogP contribution < -0.4 is 4.90 Å². The summed E-state index contributed by atoms with van der Waals surface area (Å²) in [6, 6.07) is 1.77. The van der Waals surface area contributed by atoms with Crippen LogP contribution in [0.5, 0.6) is 0 Å². The maximum absolute atomic E-state index is 11.1. The maximum Gasteiger partial charge on any atom is 0.411 e. The molecule has 1 N–H and O–H groups in total. The summed E-state index contributed by atoms with van der Waals surface area (Å²) in [6.07, 6.45) is 4.56. The highest BCUT2D eigenvalue weighted by molar-refractivity contribution is 9.10. The molecule has 1 aliphatic rings. The minimum Gasteiger partial charge on any atom is -0.465 e. The number of halogens is 1. The molecule has 1 amide bonds. The number of rotatable bonds is 3. The van der Waals surface area contributed by atoms with Crippen molar-refractivity contribution in [2.24, 2.45) is 5.92 Å². The fraction of sp³-hybridized carbons (Fsp3) is 0.400. The average Bonchev–Trinajstić information content (AvgIpc) is 2.97. The first-order valence-electron chi connectivity index (χ1n) is 4.78. The highest BCUT2D eigenvalue weighted by atomic mass is 79.9. The van der Waals surface area contributed by atoms with E-state index in [-0.39, 0.29) is 0 Å². The van der Waals surface area contributed by atoms with Gasteiger partial charge in [-0.25, -0.2) is 4.79 Å². The van der Waals surface area contributed by atoms with E-state index in [0.29, 0.717) is 18.2 Å². The zero-order valence-corrected chi connectivity index (χ0v) is 9.64. The molecule has 5 heteroatoms. The third-order valence-corrected chi connectivity index (χ3v) is 2.80. The lowest BCUT2D eigenvalue weighted by Gasteiger charge is -2.18. The van der Waals surface area contributed by atoms with Gasteiger partial charge in [-0.3, -0.25) is 9.88 Å². The van der Waals surface area contributed by atoms with Gasteiger partial charge in [-0.1, -0.05) is 0 Å². The third kappa shape index (κ3) is 2.68. The smallest absolute Gasteiger partial charge is 0.411 e. The van der Waals surface area contributed by atoms with Gasteiger partial charge in [0.2, 0.25) is 0 Å². The molecule has 0 saturated heterocycles. The summed E-state index contributed by atoms with van der Waals surface area (Å²) in [6.45, 7) is 0.577. The Morgan fingerprint density at radius 3 is 2.87 bits per heavy atom. The van der Waals surface area contributed by atoms with Crippen molar-refractivity contribution in [2.45, 2.75) is 12.8 Å². The van der Waals surface area contributed by atoms with E-state index < -0.39 is 6.09 Å². The number of nitrogens with zero attached hydrogens (tertiary/aromatic N) is 2. The van der Waals surface area contributed by atoms with Crippen molar-refractivity contribution in [2.75, 3.05) is 11.4 Å². The molecule has 1 heterocycles. The van der Waals surface area contributed by atoms with Gasteiger partial charge in [0.15, 0.2) is 0 Å². The summed E-state index contributed by atoms with van der Waals surface area (Å²) in [4.78, 5) is 16.4. The van der Waals surface area contributed by atoms with E-state index in [1.54, 1.807) is 18.5 Å². The van der Waals surface area contributed by atoms with E-state index in [1.807, 2.05) is 0 Å². The van der Waals surface area contributed by atoms with Crippen LogP contribution in [0.25, 0.3) is 0 Å². The molecule has 1 saturated carbocycles. The van der Waals surface area contributed by atoms with E-state index in [1.165, 1.54) is 4.90 Å². The first kappa shape index (κ1) is 10.4. The highest BCUT2D eigenvalue weighted by Crippen LogP contribution is 2.31. The fourth-order valence-electron chi connectivity index (χ4n) is 1.40. The van der Waals surface area contributed by atoms with Gasteiger partial charge >= 0.3 is 6.09 Å². The van der Waals surface area contributed by atoms with Crippen molar-refractivity contribution >= 4 is 27.7 Å². The Bertz CT molecular complexity index is 379. The molecule has 0 bridgehead atoms. The van der Waals surface area contributed by atoms with Crippen molar-refractivity contribution in [1.82, 2.24) is 4.98 Å².